The van der Waals surface area contributed by atoms with Crippen LogP contribution in [-0.2, 0) is 17.8 Å². The van der Waals surface area contributed by atoms with Crippen molar-refractivity contribution in [2.24, 2.45) is 0 Å². The van der Waals surface area contributed by atoms with E-state index in [1.807, 2.05) is 5.38 Å². The van der Waals surface area contributed by atoms with Gasteiger partial charge in [0.05, 0.1) is 18.7 Å². The van der Waals surface area contributed by atoms with Crippen molar-refractivity contribution in [2.45, 2.75) is 52.0 Å². The molecule has 1 amide bonds. The summed E-state index contributed by atoms with van der Waals surface area (Å²) in [5.41, 5.74) is 0.914. The predicted molar refractivity (Wildman–Crippen MR) is 82.9 cm³/mol. The molecule has 4 nitrogen and oxygen atoms in total. The van der Waals surface area contributed by atoms with Crippen molar-refractivity contribution < 1.29 is 4.79 Å². The van der Waals surface area contributed by atoms with Crippen LogP contribution in [0.25, 0.3) is 0 Å². The van der Waals surface area contributed by atoms with E-state index in [1.165, 1.54) is 38.8 Å². The third kappa shape index (κ3) is 5.21. The number of nitrogens with zero attached hydrogens (tertiary/aromatic N) is 2. The number of thiazole rings is 1. The number of nitrogens with one attached hydrogen (secondary N) is 1. The molecule has 20 heavy (non-hydrogen) atoms. The zero-order valence-electron chi connectivity index (χ0n) is 12.4. The van der Waals surface area contributed by atoms with Gasteiger partial charge in [-0.05, 0) is 32.4 Å². The molecule has 1 N–H and O–H groups in total. The van der Waals surface area contributed by atoms with E-state index >= 15 is 0 Å². The molecule has 1 aromatic rings. The van der Waals surface area contributed by atoms with Crippen molar-refractivity contribution >= 4 is 17.2 Å². The summed E-state index contributed by atoms with van der Waals surface area (Å²) in [4.78, 5) is 18.8. The first kappa shape index (κ1) is 15.4. The van der Waals surface area contributed by atoms with Gasteiger partial charge < -0.3 is 5.32 Å². The number of hydrogen-bond donors (Lipinski definition) is 1. The van der Waals surface area contributed by atoms with Crippen LogP contribution in [0.2, 0.25) is 0 Å². The number of carbonyl (C=O) groups excluding carboxylic acids is 1. The van der Waals surface area contributed by atoms with Gasteiger partial charge in [-0.2, -0.15) is 0 Å². The Morgan fingerprint density at radius 1 is 1.40 bits per heavy atom. The van der Waals surface area contributed by atoms with E-state index in [4.69, 9.17) is 0 Å². The summed E-state index contributed by atoms with van der Waals surface area (Å²) in [6.45, 7) is 6.28. The van der Waals surface area contributed by atoms with Crippen LogP contribution in [0.15, 0.2) is 5.38 Å². The van der Waals surface area contributed by atoms with Gasteiger partial charge in [0.1, 0.15) is 5.01 Å². The molecule has 1 fully saturated rings. The number of unbranched alkanes of at least 4 members (excludes halogenated alkanes) is 2. The van der Waals surface area contributed by atoms with Gasteiger partial charge in [0, 0.05) is 11.9 Å². The van der Waals surface area contributed by atoms with Gasteiger partial charge in [-0.3, -0.25) is 9.69 Å². The van der Waals surface area contributed by atoms with Crippen LogP contribution in [0.4, 0.5) is 0 Å². The first-order chi connectivity index (χ1) is 9.78. The molecule has 2 rings (SSSR count). The average molecular weight is 295 g/mol. The molecule has 0 aromatic carbocycles. The average Bonchev–Trinajstić information content (AvgIpc) is 3.08. The Balaban J connectivity index is 1.70. The van der Waals surface area contributed by atoms with E-state index in [2.05, 4.69) is 22.1 Å². The second kappa shape index (κ2) is 8.37. The van der Waals surface area contributed by atoms with E-state index in [1.54, 1.807) is 11.3 Å². The summed E-state index contributed by atoms with van der Waals surface area (Å²) in [7, 11) is 0. The fraction of sp³-hybridized carbons (Fsp3) is 0.733. The third-order valence-corrected chi connectivity index (χ3v) is 4.48. The molecule has 0 spiro atoms. The van der Waals surface area contributed by atoms with Crippen molar-refractivity contribution in [3.8, 4) is 0 Å². The van der Waals surface area contributed by atoms with Crippen LogP contribution in [0.1, 0.15) is 49.7 Å². The highest BCUT2D eigenvalue weighted by Gasteiger charge is 2.14. The highest BCUT2D eigenvalue weighted by Crippen LogP contribution is 2.16. The second-order valence-electron chi connectivity index (χ2n) is 5.45. The molecule has 0 radical (unpaired) electrons. The Morgan fingerprint density at radius 3 is 2.95 bits per heavy atom. The lowest BCUT2D eigenvalue weighted by molar-refractivity contribution is -0.120. The molecule has 0 unspecified atom stereocenters. The van der Waals surface area contributed by atoms with E-state index in [0.717, 1.165) is 30.2 Å². The fourth-order valence-electron chi connectivity index (χ4n) is 2.46. The quantitative estimate of drug-likeness (QED) is 0.750. The molecule has 1 saturated heterocycles. The highest BCUT2D eigenvalue weighted by molar-refractivity contribution is 7.09. The fourth-order valence-corrected chi connectivity index (χ4v) is 3.30. The van der Waals surface area contributed by atoms with E-state index < -0.39 is 0 Å². The lowest BCUT2D eigenvalue weighted by Gasteiger charge is -2.11. The molecule has 5 heteroatoms. The van der Waals surface area contributed by atoms with Gasteiger partial charge in [0.25, 0.3) is 0 Å². The Kier molecular flexibility index (Phi) is 6.47. The van der Waals surface area contributed by atoms with Crippen LogP contribution < -0.4 is 5.32 Å². The molecule has 1 aliphatic rings. The Bertz CT molecular complexity index is 413. The van der Waals surface area contributed by atoms with Gasteiger partial charge in [-0.25, -0.2) is 4.98 Å². The Labute approximate surface area is 125 Å². The maximum atomic E-state index is 11.8. The highest BCUT2D eigenvalue weighted by atomic mass is 32.1. The monoisotopic (exact) mass is 295 g/mol. The second-order valence-corrected chi connectivity index (χ2v) is 6.39. The van der Waals surface area contributed by atoms with Crippen LogP contribution >= 0.6 is 11.3 Å². The van der Waals surface area contributed by atoms with Gasteiger partial charge in [-0.15, -0.1) is 11.3 Å². The standard InChI is InChI=1S/C15H25N3OS/c1-2-3-4-7-16-14(19)10-13-12-20-15(17-13)11-18-8-5-6-9-18/h12H,2-11H2,1H3,(H,16,19). The lowest BCUT2D eigenvalue weighted by atomic mass is 10.2. The van der Waals surface area contributed by atoms with E-state index in [0.29, 0.717) is 6.42 Å². The summed E-state index contributed by atoms with van der Waals surface area (Å²) in [5.74, 6) is 0.0964. The van der Waals surface area contributed by atoms with Gasteiger partial charge in [0.15, 0.2) is 0 Å². The third-order valence-electron chi connectivity index (χ3n) is 3.60. The number of aromatic nitrogens is 1. The summed E-state index contributed by atoms with van der Waals surface area (Å²) in [6.07, 6.45) is 6.46. The predicted octanol–water partition coefficient (Wildman–Crippen LogP) is 2.59. The molecule has 0 aliphatic carbocycles. The van der Waals surface area contributed by atoms with Crippen LogP contribution in [0.5, 0.6) is 0 Å². The molecule has 1 aromatic heterocycles. The maximum absolute atomic E-state index is 11.8. The number of rotatable bonds is 8. The molecule has 0 bridgehead atoms. The zero-order valence-corrected chi connectivity index (χ0v) is 13.2. The molecular formula is C15H25N3OS. The SMILES string of the molecule is CCCCCNC(=O)Cc1csc(CN2CCCC2)n1. The van der Waals surface area contributed by atoms with Crippen molar-refractivity contribution in [1.82, 2.24) is 15.2 Å². The lowest BCUT2D eigenvalue weighted by Crippen LogP contribution is -2.26. The Hall–Kier alpha value is -0.940. The van der Waals surface area contributed by atoms with Gasteiger partial charge >= 0.3 is 0 Å². The van der Waals surface area contributed by atoms with E-state index in [9.17, 15) is 4.79 Å². The molecule has 112 valence electrons. The molecular weight excluding hydrogens is 270 g/mol. The summed E-state index contributed by atoms with van der Waals surface area (Å²) in [6, 6.07) is 0. The zero-order chi connectivity index (χ0) is 14.2. The van der Waals surface area contributed by atoms with Crippen molar-refractivity contribution in [3.05, 3.63) is 16.1 Å². The molecule has 1 aliphatic heterocycles. The van der Waals surface area contributed by atoms with Gasteiger partial charge in [-0.1, -0.05) is 19.8 Å². The largest absolute Gasteiger partial charge is 0.356 e. The smallest absolute Gasteiger partial charge is 0.226 e. The van der Waals surface area contributed by atoms with Crippen LogP contribution in [-0.4, -0.2) is 35.4 Å². The number of amides is 1. The normalized spacial score (nSPS) is 15.7. The minimum atomic E-state index is 0.0964. The maximum Gasteiger partial charge on any atom is 0.226 e. The minimum absolute atomic E-state index is 0.0964. The molecule has 0 atom stereocenters. The first-order valence-electron chi connectivity index (χ1n) is 7.70. The summed E-state index contributed by atoms with van der Waals surface area (Å²) in [5, 5.41) is 6.13. The number of hydrogen-bond acceptors (Lipinski definition) is 4. The number of carbonyl (C=O) groups is 1. The van der Waals surface area contributed by atoms with Crippen molar-refractivity contribution in [3.63, 3.8) is 0 Å². The first-order valence-corrected chi connectivity index (χ1v) is 8.58. The van der Waals surface area contributed by atoms with Crippen LogP contribution in [0.3, 0.4) is 0 Å². The Morgan fingerprint density at radius 2 is 2.20 bits per heavy atom. The van der Waals surface area contributed by atoms with Crippen LogP contribution in [0, 0.1) is 0 Å². The van der Waals surface area contributed by atoms with Crippen molar-refractivity contribution in [2.75, 3.05) is 19.6 Å². The van der Waals surface area contributed by atoms with E-state index in [-0.39, 0.29) is 5.91 Å². The molecule has 0 saturated carbocycles. The topological polar surface area (TPSA) is 45.2 Å². The number of likely N-dealkylation sites (tertiary alicyclic amines) is 1. The summed E-state index contributed by atoms with van der Waals surface area (Å²) < 4.78 is 0. The minimum Gasteiger partial charge on any atom is -0.356 e. The van der Waals surface area contributed by atoms with Crippen molar-refractivity contribution in [1.29, 1.82) is 0 Å². The van der Waals surface area contributed by atoms with Gasteiger partial charge in [0.2, 0.25) is 5.91 Å². The summed E-state index contributed by atoms with van der Waals surface area (Å²) >= 11 is 1.68. The molecule has 2 heterocycles.